The molecule has 0 aliphatic carbocycles. The first-order valence-electron chi connectivity index (χ1n) is 5.81. The maximum absolute atomic E-state index is 12.9. The average Bonchev–Trinajstić information content (AvgIpc) is 2.24. The molecular weight excluding hydrogens is 221 g/mol. The molecular formula is C13H18FNS. The van der Waals surface area contributed by atoms with Crippen molar-refractivity contribution in [2.45, 2.75) is 18.8 Å². The Balaban J connectivity index is 2.05. The summed E-state index contributed by atoms with van der Waals surface area (Å²) in [4.78, 5) is 0. The minimum Gasteiger partial charge on any atom is -0.315 e. The van der Waals surface area contributed by atoms with E-state index in [2.05, 4.69) is 12.2 Å². The fraction of sp³-hybridized carbons (Fsp3) is 0.538. The number of hydrogen-bond acceptors (Lipinski definition) is 2. The van der Waals surface area contributed by atoms with Crippen LogP contribution in [0.3, 0.4) is 0 Å². The molecule has 0 spiro atoms. The van der Waals surface area contributed by atoms with Crippen molar-refractivity contribution < 1.29 is 4.39 Å². The third-order valence-electron chi connectivity index (χ3n) is 3.31. The zero-order valence-corrected chi connectivity index (χ0v) is 10.4. The Morgan fingerprint density at radius 3 is 2.50 bits per heavy atom. The van der Waals surface area contributed by atoms with Crippen LogP contribution in [0.4, 0.5) is 4.39 Å². The number of hydrogen-bond donors (Lipinski definition) is 1. The van der Waals surface area contributed by atoms with Gasteiger partial charge in [-0.25, -0.2) is 4.39 Å². The van der Waals surface area contributed by atoms with Crippen molar-refractivity contribution in [3.05, 3.63) is 35.6 Å². The molecule has 3 heteroatoms. The summed E-state index contributed by atoms with van der Waals surface area (Å²) in [5.74, 6) is 2.22. The second kappa shape index (κ2) is 5.19. The Bertz CT molecular complexity index is 332. The number of rotatable bonds is 5. The van der Waals surface area contributed by atoms with E-state index in [-0.39, 0.29) is 11.2 Å². The van der Waals surface area contributed by atoms with E-state index in [1.165, 1.54) is 23.5 Å². The second-order valence-electron chi connectivity index (χ2n) is 4.34. The minimum atomic E-state index is -0.144. The molecule has 1 aliphatic rings. The largest absolute Gasteiger partial charge is 0.315 e. The van der Waals surface area contributed by atoms with E-state index >= 15 is 0 Å². The Morgan fingerprint density at radius 2 is 2.00 bits per heavy atom. The van der Waals surface area contributed by atoms with Gasteiger partial charge in [-0.15, -0.1) is 0 Å². The van der Waals surface area contributed by atoms with Crippen LogP contribution < -0.4 is 5.32 Å². The molecule has 0 unspecified atom stereocenters. The lowest BCUT2D eigenvalue weighted by atomic mass is 9.73. The summed E-state index contributed by atoms with van der Waals surface area (Å²) in [5.41, 5.74) is 1.54. The summed E-state index contributed by atoms with van der Waals surface area (Å²) in [6, 6.07) is 7.02. The van der Waals surface area contributed by atoms with Gasteiger partial charge in [-0.3, -0.25) is 0 Å². The number of halogens is 1. The first-order chi connectivity index (χ1) is 7.77. The first-order valence-corrected chi connectivity index (χ1v) is 6.97. The Morgan fingerprint density at radius 1 is 1.31 bits per heavy atom. The summed E-state index contributed by atoms with van der Waals surface area (Å²) in [7, 11) is 0. The number of nitrogens with one attached hydrogen (secondary N) is 1. The van der Waals surface area contributed by atoms with Gasteiger partial charge in [0.25, 0.3) is 0 Å². The summed E-state index contributed by atoms with van der Waals surface area (Å²) in [5, 5.41) is 3.34. The Hall–Kier alpha value is -0.540. The first kappa shape index (κ1) is 11.9. The SMILES string of the molecule is CCSCCC1(c2ccc(F)cc2)CNC1. The van der Waals surface area contributed by atoms with Crippen LogP contribution in [-0.2, 0) is 5.41 Å². The predicted octanol–water partition coefficient (Wildman–Crippen LogP) is 2.81. The van der Waals surface area contributed by atoms with E-state index in [9.17, 15) is 4.39 Å². The van der Waals surface area contributed by atoms with Crippen LogP contribution in [0.25, 0.3) is 0 Å². The molecule has 1 aromatic carbocycles. The molecule has 0 aromatic heterocycles. The van der Waals surface area contributed by atoms with Crippen molar-refractivity contribution in [1.29, 1.82) is 0 Å². The molecule has 0 atom stereocenters. The number of benzene rings is 1. The highest BCUT2D eigenvalue weighted by atomic mass is 32.2. The molecule has 88 valence electrons. The van der Waals surface area contributed by atoms with Gasteiger partial charge in [0.1, 0.15) is 5.82 Å². The van der Waals surface area contributed by atoms with Crippen LogP contribution in [0.1, 0.15) is 18.9 Å². The zero-order chi connectivity index (χ0) is 11.4. The maximum Gasteiger partial charge on any atom is 0.123 e. The lowest BCUT2D eigenvalue weighted by molar-refractivity contribution is 0.269. The van der Waals surface area contributed by atoms with Crippen LogP contribution >= 0.6 is 11.8 Å². The van der Waals surface area contributed by atoms with E-state index < -0.39 is 0 Å². The van der Waals surface area contributed by atoms with Gasteiger partial charge in [0.15, 0.2) is 0 Å². The zero-order valence-electron chi connectivity index (χ0n) is 9.63. The van der Waals surface area contributed by atoms with Gasteiger partial charge in [-0.05, 0) is 35.6 Å². The fourth-order valence-electron chi connectivity index (χ4n) is 2.17. The Labute approximate surface area is 101 Å². The number of thioether (sulfide) groups is 1. The molecule has 1 N–H and O–H groups in total. The molecule has 2 rings (SSSR count). The van der Waals surface area contributed by atoms with Crippen molar-refractivity contribution in [1.82, 2.24) is 5.32 Å². The van der Waals surface area contributed by atoms with E-state index in [1.807, 2.05) is 23.9 Å². The summed E-state index contributed by atoms with van der Waals surface area (Å²) >= 11 is 1.98. The summed E-state index contributed by atoms with van der Waals surface area (Å²) in [6.45, 7) is 4.25. The van der Waals surface area contributed by atoms with Gasteiger partial charge in [0.2, 0.25) is 0 Å². The van der Waals surface area contributed by atoms with Crippen molar-refractivity contribution in [3.63, 3.8) is 0 Å². The fourth-order valence-corrected chi connectivity index (χ4v) is 2.99. The van der Waals surface area contributed by atoms with Crippen LogP contribution in [-0.4, -0.2) is 24.6 Å². The highest BCUT2D eigenvalue weighted by Gasteiger charge is 2.37. The van der Waals surface area contributed by atoms with Crippen LogP contribution in [0.15, 0.2) is 24.3 Å². The quantitative estimate of drug-likeness (QED) is 0.793. The van der Waals surface area contributed by atoms with E-state index in [0.717, 1.165) is 13.1 Å². The van der Waals surface area contributed by atoms with E-state index in [0.29, 0.717) is 0 Å². The molecule has 0 radical (unpaired) electrons. The smallest absolute Gasteiger partial charge is 0.123 e. The van der Waals surface area contributed by atoms with Crippen molar-refractivity contribution >= 4 is 11.8 Å². The van der Waals surface area contributed by atoms with Gasteiger partial charge < -0.3 is 5.32 Å². The van der Waals surface area contributed by atoms with Crippen molar-refractivity contribution in [2.24, 2.45) is 0 Å². The van der Waals surface area contributed by atoms with E-state index in [1.54, 1.807) is 12.1 Å². The predicted molar refractivity (Wildman–Crippen MR) is 68.6 cm³/mol. The molecule has 1 heterocycles. The third kappa shape index (κ3) is 2.41. The van der Waals surface area contributed by atoms with Gasteiger partial charge >= 0.3 is 0 Å². The molecule has 1 fully saturated rings. The van der Waals surface area contributed by atoms with Crippen LogP contribution in [0, 0.1) is 5.82 Å². The molecule has 0 saturated carbocycles. The highest BCUT2D eigenvalue weighted by molar-refractivity contribution is 7.99. The second-order valence-corrected chi connectivity index (χ2v) is 5.73. The van der Waals surface area contributed by atoms with Gasteiger partial charge in [0, 0.05) is 18.5 Å². The third-order valence-corrected chi connectivity index (χ3v) is 4.21. The van der Waals surface area contributed by atoms with Crippen molar-refractivity contribution in [3.8, 4) is 0 Å². The topological polar surface area (TPSA) is 12.0 Å². The van der Waals surface area contributed by atoms with Crippen molar-refractivity contribution in [2.75, 3.05) is 24.6 Å². The maximum atomic E-state index is 12.9. The summed E-state index contributed by atoms with van der Waals surface area (Å²) in [6.07, 6.45) is 1.18. The standard InChI is InChI=1S/C13H18FNS/c1-2-16-8-7-13(9-15-10-13)11-3-5-12(14)6-4-11/h3-6,15H,2,7-10H2,1H3. The molecule has 16 heavy (non-hydrogen) atoms. The van der Waals surface area contributed by atoms with Gasteiger partial charge in [-0.1, -0.05) is 19.1 Å². The molecule has 1 aliphatic heterocycles. The molecule has 0 amide bonds. The van der Waals surface area contributed by atoms with Gasteiger partial charge in [0.05, 0.1) is 0 Å². The van der Waals surface area contributed by atoms with Crippen LogP contribution in [0.5, 0.6) is 0 Å². The normalized spacial score (nSPS) is 18.1. The lowest BCUT2D eigenvalue weighted by Gasteiger charge is -2.43. The lowest BCUT2D eigenvalue weighted by Crippen LogP contribution is -2.57. The van der Waals surface area contributed by atoms with E-state index in [4.69, 9.17) is 0 Å². The molecule has 0 bridgehead atoms. The average molecular weight is 239 g/mol. The molecule has 1 nitrogen and oxygen atoms in total. The molecule has 1 aromatic rings. The monoisotopic (exact) mass is 239 g/mol. The van der Waals surface area contributed by atoms with Gasteiger partial charge in [-0.2, -0.15) is 11.8 Å². The Kier molecular flexibility index (Phi) is 3.87. The summed E-state index contributed by atoms with van der Waals surface area (Å²) < 4.78 is 12.9. The van der Waals surface area contributed by atoms with Crippen LogP contribution in [0.2, 0.25) is 0 Å². The minimum absolute atomic E-state index is 0.144. The molecule has 1 saturated heterocycles. The highest BCUT2D eigenvalue weighted by Crippen LogP contribution is 2.33.